The molecule has 3 heterocycles. The molecule has 222 valence electrons. The van der Waals surface area contributed by atoms with Crippen molar-refractivity contribution in [1.82, 2.24) is 19.8 Å². The van der Waals surface area contributed by atoms with Crippen molar-refractivity contribution in [2.24, 2.45) is 10.9 Å². The van der Waals surface area contributed by atoms with Gasteiger partial charge in [-0.05, 0) is 35.1 Å². The minimum Gasteiger partial charge on any atom is -0.476 e. The van der Waals surface area contributed by atoms with E-state index in [1.54, 1.807) is 4.90 Å². The number of aromatic nitrogens is 2. The van der Waals surface area contributed by atoms with Crippen LogP contribution >= 0.6 is 0 Å². The van der Waals surface area contributed by atoms with E-state index in [1.807, 2.05) is 54.7 Å². The maximum atomic E-state index is 12.8. The van der Waals surface area contributed by atoms with Gasteiger partial charge in [0.1, 0.15) is 12.4 Å². The van der Waals surface area contributed by atoms with Gasteiger partial charge in [0.15, 0.2) is 5.69 Å². The van der Waals surface area contributed by atoms with Crippen LogP contribution in [0.3, 0.4) is 0 Å². The first-order chi connectivity index (χ1) is 20.8. The number of fused-ring (bicyclic) bond motifs is 1. The number of piperazine rings is 1. The van der Waals surface area contributed by atoms with Gasteiger partial charge in [-0.1, -0.05) is 56.3 Å². The Morgan fingerprint density at radius 3 is 2.63 bits per heavy atom. The highest BCUT2D eigenvalue weighted by Gasteiger charge is 2.33. The SMILES string of the molecule is CC(C)[C@@H]1CN(c2cnc(C(=O)O)cn2)CCN1/C(=N\C#N)Nc1cccc2c1CCN(C(=O)OCc1ccccc1)C2. The molecule has 1 saturated heterocycles. The highest BCUT2D eigenvalue weighted by molar-refractivity contribution is 5.95. The highest BCUT2D eigenvalue weighted by atomic mass is 16.6. The van der Waals surface area contributed by atoms with Crippen LogP contribution in [-0.2, 0) is 24.3 Å². The van der Waals surface area contributed by atoms with E-state index in [2.05, 4.69) is 43.9 Å². The molecule has 1 atom stereocenters. The second kappa shape index (κ2) is 13.2. The molecule has 2 aliphatic heterocycles. The molecule has 0 unspecified atom stereocenters. The molecule has 5 rings (SSSR count). The van der Waals surface area contributed by atoms with Crippen LogP contribution in [0.25, 0.3) is 0 Å². The number of nitriles is 1. The molecule has 3 aromatic rings. The summed E-state index contributed by atoms with van der Waals surface area (Å²) in [5.74, 6) is 0.156. The maximum Gasteiger partial charge on any atom is 0.410 e. The van der Waals surface area contributed by atoms with Crippen LogP contribution in [0.1, 0.15) is 41.0 Å². The lowest BCUT2D eigenvalue weighted by Gasteiger charge is -2.45. The first-order valence-electron chi connectivity index (χ1n) is 14.2. The number of benzene rings is 2. The van der Waals surface area contributed by atoms with Crippen molar-refractivity contribution < 1.29 is 19.4 Å². The molecule has 0 bridgehead atoms. The van der Waals surface area contributed by atoms with Gasteiger partial charge in [-0.2, -0.15) is 5.26 Å². The number of anilines is 2. The Labute approximate surface area is 250 Å². The van der Waals surface area contributed by atoms with Crippen molar-refractivity contribution in [2.45, 2.75) is 39.5 Å². The number of amides is 1. The molecule has 2 aromatic carbocycles. The van der Waals surface area contributed by atoms with E-state index in [4.69, 9.17) is 9.84 Å². The van der Waals surface area contributed by atoms with Crippen LogP contribution in [0.2, 0.25) is 0 Å². The number of hydrogen-bond donors (Lipinski definition) is 2. The summed E-state index contributed by atoms with van der Waals surface area (Å²) >= 11 is 0. The van der Waals surface area contributed by atoms with Crippen LogP contribution in [0.4, 0.5) is 16.3 Å². The summed E-state index contributed by atoms with van der Waals surface area (Å²) in [4.78, 5) is 42.4. The largest absolute Gasteiger partial charge is 0.476 e. The van der Waals surface area contributed by atoms with Gasteiger partial charge in [-0.25, -0.2) is 19.6 Å². The maximum absolute atomic E-state index is 12.8. The quantitative estimate of drug-likeness (QED) is 0.249. The highest BCUT2D eigenvalue weighted by Crippen LogP contribution is 2.28. The van der Waals surface area contributed by atoms with Crippen molar-refractivity contribution in [3.05, 3.63) is 83.3 Å². The van der Waals surface area contributed by atoms with E-state index in [1.165, 1.54) is 12.4 Å². The van der Waals surface area contributed by atoms with E-state index < -0.39 is 5.97 Å². The van der Waals surface area contributed by atoms with Crippen LogP contribution < -0.4 is 10.2 Å². The van der Waals surface area contributed by atoms with Crippen molar-refractivity contribution >= 4 is 29.5 Å². The Morgan fingerprint density at radius 1 is 1.12 bits per heavy atom. The summed E-state index contributed by atoms with van der Waals surface area (Å²) in [6, 6.07) is 15.5. The Balaban J connectivity index is 1.28. The molecule has 1 aromatic heterocycles. The normalized spacial score (nSPS) is 16.8. The number of nitrogens with one attached hydrogen (secondary N) is 1. The van der Waals surface area contributed by atoms with Gasteiger partial charge < -0.3 is 29.9 Å². The zero-order valence-corrected chi connectivity index (χ0v) is 24.2. The average Bonchev–Trinajstić information content (AvgIpc) is 3.03. The molecule has 0 spiro atoms. The van der Waals surface area contributed by atoms with E-state index in [9.17, 15) is 14.9 Å². The summed E-state index contributed by atoms with van der Waals surface area (Å²) in [6.45, 7) is 7.14. The number of rotatable bonds is 6. The lowest BCUT2D eigenvalue weighted by molar-refractivity contribution is 0.0689. The molecule has 1 fully saturated rings. The number of ether oxygens (including phenoxy) is 1. The number of carbonyl (C=O) groups is 2. The number of carboxylic acids is 1. The first kappa shape index (κ1) is 29.3. The monoisotopic (exact) mass is 582 g/mol. The van der Waals surface area contributed by atoms with Crippen molar-refractivity contribution in [3.8, 4) is 6.19 Å². The van der Waals surface area contributed by atoms with Gasteiger partial charge in [0.2, 0.25) is 12.2 Å². The Hall–Kier alpha value is -5.18. The molecule has 0 radical (unpaired) electrons. The Bertz CT molecular complexity index is 1520. The lowest BCUT2D eigenvalue weighted by atomic mass is 9.97. The third kappa shape index (κ3) is 6.83. The standard InChI is InChI=1S/C31H34N8O4/c1-21(2)27-18-37(28-16-33-26(15-34-28)29(40)41)13-14-39(27)30(35-20-32)36-25-10-6-9-23-17-38(12-11-24(23)25)31(42)43-19-22-7-4-3-5-8-22/h3-10,15-16,21,27H,11-14,17-19H2,1-2H3,(H,35,36)(H,40,41)/t27-/m0/s1. The number of aromatic carboxylic acids is 1. The zero-order chi connectivity index (χ0) is 30.3. The third-order valence-electron chi connectivity index (χ3n) is 7.77. The summed E-state index contributed by atoms with van der Waals surface area (Å²) in [7, 11) is 0. The second-order valence-corrected chi connectivity index (χ2v) is 10.8. The number of guanidine groups is 1. The predicted octanol–water partition coefficient (Wildman–Crippen LogP) is 3.97. The molecule has 2 N–H and O–H groups in total. The number of carboxylic acid groups (broad SMARTS) is 1. The average molecular weight is 583 g/mol. The smallest absolute Gasteiger partial charge is 0.410 e. The van der Waals surface area contributed by atoms with Crippen molar-refractivity contribution in [3.63, 3.8) is 0 Å². The van der Waals surface area contributed by atoms with Crippen molar-refractivity contribution in [2.75, 3.05) is 36.4 Å². The summed E-state index contributed by atoms with van der Waals surface area (Å²) in [5, 5.41) is 22.2. The van der Waals surface area contributed by atoms with Gasteiger partial charge >= 0.3 is 12.1 Å². The van der Waals surface area contributed by atoms with Gasteiger partial charge in [0.05, 0.1) is 18.4 Å². The topological polar surface area (TPSA) is 147 Å². The lowest BCUT2D eigenvalue weighted by Crippen LogP contribution is -2.58. The van der Waals surface area contributed by atoms with Crippen molar-refractivity contribution in [1.29, 1.82) is 5.26 Å². The molecule has 12 nitrogen and oxygen atoms in total. The zero-order valence-electron chi connectivity index (χ0n) is 24.2. The fourth-order valence-electron chi connectivity index (χ4n) is 5.47. The molecular formula is C31H34N8O4. The van der Waals surface area contributed by atoms with Crippen LogP contribution in [0, 0.1) is 17.4 Å². The minimum absolute atomic E-state index is 0.0104. The van der Waals surface area contributed by atoms with E-state index in [0.717, 1.165) is 22.4 Å². The number of nitrogens with zero attached hydrogens (tertiary/aromatic N) is 7. The van der Waals surface area contributed by atoms with E-state index in [-0.39, 0.29) is 30.4 Å². The van der Waals surface area contributed by atoms with Gasteiger partial charge in [-0.3, -0.25) is 0 Å². The summed E-state index contributed by atoms with van der Waals surface area (Å²) in [5.41, 5.74) is 3.78. The number of carbonyl (C=O) groups excluding carboxylic acids is 1. The minimum atomic E-state index is -1.12. The van der Waals surface area contributed by atoms with E-state index in [0.29, 0.717) is 50.9 Å². The number of hydrogen-bond acceptors (Lipinski definition) is 8. The van der Waals surface area contributed by atoms with Gasteiger partial charge in [0.25, 0.3) is 0 Å². The summed E-state index contributed by atoms with van der Waals surface area (Å²) < 4.78 is 5.55. The molecule has 2 aliphatic rings. The van der Waals surface area contributed by atoms with Crippen LogP contribution in [-0.4, -0.2) is 75.1 Å². The predicted molar refractivity (Wildman–Crippen MR) is 160 cm³/mol. The Morgan fingerprint density at radius 2 is 1.93 bits per heavy atom. The first-order valence-corrected chi connectivity index (χ1v) is 14.2. The van der Waals surface area contributed by atoms with E-state index >= 15 is 0 Å². The Kier molecular flexibility index (Phi) is 9.00. The van der Waals surface area contributed by atoms with Gasteiger partial charge in [0, 0.05) is 38.4 Å². The molecule has 0 saturated carbocycles. The van der Waals surface area contributed by atoms with Crippen LogP contribution in [0.5, 0.6) is 0 Å². The molecule has 43 heavy (non-hydrogen) atoms. The fourth-order valence-corrected chi connectivity index (χ4v) is 5.47. The third-order valence-corrected chi connectivity index (χ3v) is 7.77. The summed E-state index contributed by atoms with van der Waals surface area (Å²) in [6.07, 6.45) is 4.99. The molecular weight excluding hydrogens is 548 g/mol. The molecule has 1 amide bonds. The number of aliphatic imine (C=N–C) groups is 1. The fraction of sp³-hybridized carbons (Fsp3) is 0.355. The van der Waals surface area contributed by atoms with Crippen LogP contribution in [0.15, 0.2) is 65.9 Å². The molecule has 0 aliphatic carbocycles. The second-order valence-electron chi connectivity index (χ2n) is 10.8. The van der Waals surface area contributed by atoms with Gasteiger partial charge in [-0.15, -0.1) is 4.99 Å². The molecule has 12 heteroatoms.